The third-order valence-corrected chi connectivity index (χ3v) is 5.53. The maximum atomic E-state index is 12.3. The van der Waals surface area contributed by atoms with Crippen molar-refractivity contribution in [3.8, 4) is 0 Å². The van der Waals surface area contributed by atoms with Crippen LogP contribution in [0, 0.1) is 17.8 Å². The smallest absolute Gasteiger partial charge is 0.333 e. The molecule has 2 aliphatic rings. The molecular formula is C19H32O2. The van der Waals surface area contributed by atoms with Crippen LogP contribution in [0.1, 0.15) is 78.6 Å². The summed E-state index contributed by atoms with van der Waals surface area (Å²) in [6.07, 6.45) is 11.0. The van der Waals surface area contributed by atoms with E-state index in [1.165, 1.54) is 44.9 Å². The summed E-state index contributed by atoms with van der Waals surface area (Å²) >= 11 is 0. The van der Waals surface area contributed by atoms with Crippen molar-refractivity contribution in [3.05, 3.63) is 12.2 Å². The van der Waals surface area contributed by atoms with Crippen molar-refractivity contribution in [2.24, 2.45) is 17.8 Å². The van der Waals surface area contributed by atoms with Crippen LogP contribution in [-0.2, 0) is 9.53 Å². The van der Waals surface area contributed by atoms with Gasteiger partial charge in [-0.2, -0.15) is 0 Å². The second-order valence-electron chi connectivity index (χ2n) is 7.77. The van der Waals surface area contributed by atoms with Crippen molar-refractivity contribution >= 4 is 5.97 Å². The highest BCUT2D eigenvalue weighted by atomic mass is 16.6. The topological polar surface area (TPSA) is 26.3 Å². The van der Waals surface area contributed by atoms with Crippen molar-refractivity contribution in [1.82, 2.24) is 0 Å². The lowest BCUT2D eigenvalue weighted by Gasteiger charge is -2.43. The normalized spacial score (nSPS) is 35.0. The van der Waals surface area contributed by atoms with E-state index in [1.807, 2.05) is 0 Å². The molecule has 0 aromatic rings. The first-order chi connectivity index (χ1) is 9.93. The molecule has 0 aliphatic heterocycles. The van der Waals surface area contributed by atoms with E-state index in [1.54, 1.807) is 6.92 Å². The minimum atomic E-state index is -0.230. The van der Waals surface area contributed by atoms with Gasteiger partial charge in [-0.05, 0) is 50.4 Å². The Balaban J connectivity index is 2.26. The van der Waals surface area contributed by atoms with Crippen molar-refractivity contribution in [2.75, 3.05) is 0 Å². The molecule has 2 saturated carbocycles. The molecular weight excluding hydrogens is 260 g/mol. The van der Waals surface area contributed by atoms with Gasteiger partial charge in [-0.3, -0.25) is 0 Å². The molecule has 2 heteroatoms. The minimum absolute atomic E-state index is 0.179. The predicted octanol–water partition coefficient (Wildman–Crippen LogP) is 5.27. The van der Waals surface area contributed by atoms with E-state index in [9.17, 15) is 4.79 Å². The van der Waals surface area contributed by atoms with E-state index in [0.717, 1.165) is 12.8 Å². The molecule has 0 bridgehead atoms. The second-order valence-corrected chi connectivity index (χ2v) is 7.77. The van der Waals surface area contributed by atoms with Crippen molar-refractivity contribution in [1.29, 1.82) is 0 Å². The maximum Gasteiger partial charge on any atom is 0.333 e. The Kier molecular flexibility index (Phi) is 5.51. The molecule has 2 atom stereocenters. The Morgan fingerprint density at radius 1 is 1.00 bits per heavy atom. The summed E-state index contributed by atoms with van der Waals surface area (Å²) in [4.78, 5) is 12.3. The molecule has 2 aliphatic carbocycles. The Morgan fingerprint density at radius 2 is 1.52 bits per heavy atom. The zero-order valence-electron chi connectivity index (χ0n) is 14.1. The molecule has 21 heavy (non-hydrogen) atoms. The lowest BCUT2D eigenvalue weighted by Crippen LogP contribution is -2.45. The van der Waals surface area contributed by atoms with Crippen molar-refractivity contribution in [3.63, 3.8) is 0 Å². The van der Waals surface area contributed by atoms with Crippen LogP contribution in [0.3, 0.4) is 0 Å². The van der Waals surface area contributed by atoms with Crippen molar-refractivity contribution in [2.45, 2.75) is 84.2 Å². The minimum Gasteiger partial charge on any atom is -0.455 e. The Hall–Kier alpha value is -0.790. The van der Waals surface area contributed by atoms with Gasteiger partial charge in [0, 0.05) is 5.57 Å². The highest BCUT2D eigenvalue weighted by Gasteiger charge is 2.45. The summed E-state index contributed by atoms with van der Waals surface area (Å²) in [5.41, 5.74) is 0.306. The van der Waals surface area contributed by atoms with Gasteiger partial charge in [0.25, 0.3) is 0 Å². The van der Waals surface area contributed by atoms with Crippen LogP contribution in [0.4, 0.5) is 0 Å². The number of rotatable bonds is 3. The quantitative estimate of drug-likeness (QED) is 0.402. The summed E-state index contributed by atoms with van der Waals surface area (Å²) < 4.78 is 6.16. The first kappa shape index (κ1) is 16.6. The Labute approximate surface area is 130 Å². The van der Waals surface area contributed by atoms with E-state index >= 15 is 0 Å². The number of ether oxygens (including phenoxy) is 1. The van der Waals surface area contributed by atoms with Gasteiger partial charge in [-0.25, -0.2) is 4.79 Å². The number of hydrogen-bond acceptors (Lipinski definition) is 2. The highest BCUT2D eigenvalue weighted by molar-refractivity contribution is 5.87. The molecule has 0 saturated heterocycles. The number of esters is 1. The molecule has 0 spiro atoms. The van der Waals surface area contributed by atoms with Crippen LogP contribution in [0.15, 0.2) is 12.2 Å². The molecule has 2 fully saturated rings. The lowest BCUT2D eigenvalue weighted by molar-refractivity contribution is -0.168. The van der Waals surface area contributed by atoms with E-state index in [-0.39, 0.29) is 11.6 Å². The van der Waals surface area contributed by atoms with Gasteiger partial charge in [0.1, 0.15) is 5.60 Å². The first-order valence-electron chi connectivity index (χ1n) is 8.82. The van der Waals surface area contributed by atoms with Crippen LogP contribution < -0.4 is 0 Å². The summed E-state index contributed by atoms with van der Waals surface area (Å²) in [6.45, 7) is 10.2. The molecule has 2 nitrogen and oxygen atoms in total. The van der Waals surface area contributed by atoms with Gasteiger partial charge in [-0.1, -0.05) is 52.5 Å². The Morgan fingerprint density at radius 3 is 2.00 bits per heavy atom. The summed E-state index contributed by atoms with van der Waals surface area (Å²) in [6, 6.07) is 0. The molecule has 0 N–H and O–H groups in total. The van der Waals surface area contributed by atoms with Gasteiger partial charge in [0.2, 0.25) is 0 Å². The monoisotopic (exact) mass is 292 g/mol. The maximum absolute atomic E-state index is 12.3. The molecule has 2 unspecified atom stereocenters. The van der Waals surface area contributed by atoms with E-state index in [0.29, 0.717) is 23.3 Å². The van der Waals surface area contributed by atoms with Crippen LogP contribution in [0.25, 0.3) is 0 Å². The zero-order valence-corrected chi connectivity index (χ0v) is 14.1. The molecule has 2 rings (SSSR count). The van der Waals surface area contributed by atoms with Gasteiger partial charge >= 0.3 is 5.97 Å². The average molecular weight is 292 g/mol. The molecule has 0 radical (unpaired) electrons. The Bertz CT molecular complexity index is 367. The van der Waals surface area contributed by atoms with Crippen LogP contribution in [0.5, 0.6) is 0 Å². The predicted molar refractivity (Wildman–Crippen MR) is 87.0 cm³/mol. The van der Waals surface area contributed by atoms with Gasteiger partial charge < -0.3 is 4.74 Å². The zero-order chi connectivity index (χ0) is 15.5. The van der Waals surface area contributed by atoms with Gasteiger partial charge in [0.15, 0.2) is 0 Å². The first-order valence-corrected chi connectivity index (χ1v) is 8.82. The third kappa shape index (κ3) is 4.11. The van der Waals surface area contributed by atoms with Gasteiger partial charge in [-0.15, -0.1) is 0 Å². The standard InChI is InChI=1S/C19H32O2/c1-14(2)18(20)21-19(17-8-6-5-7-9-17)12-15(3)10-11-16(4)13-19/h15-17H,1,5-13H2,2-4H3. The van der Waals surface area contributed by atoms with Crippen LogP contribution in [0.2, 0.25) is 0 Å². The molecule has 0 heterocycles. The molecule has 0 aromatic heterocycles. The third-order valence-electron chi connectivity index (χ3n) is 5.53. The summed E-state index contributed by atoms with van der Waals surface area (Å²) in [5, 5.41) is 0. The average Bonchev–Trinajstić information content (AvgIpc) is 2.59. The molecule has 120 valence electrons. The van der Waals surface area contributed by atoms with E-state index in [4.69, 9.17) is 4.74 Å². The largest absolute Gasteiger partial charge is 0.455 e. The number of carbonyl (C=O) groups is 1. The summed E-state index contributed by atoms with van der Waals surface area (Å²) in [5.74, 6) is 1.67. The van der Waals surface area contributed by atoms with E-state index in [2.05, 4.69) is 20.4 Å². The molecule has 0 aromatic carbocycles. The van der Waals surface area contributed by atoms with E-state index < -0.39 is 0 Å². The fourth-order valence-electron chi connectivity index (χ4n) is 4.44. The van der Waals surface area contributed by atoms with Gasteiger partial charge in [0.05, 0.1) is 0 Å². The highest BCUT2D eigenvalue weighted by Crippen LogP contribution is 2.46. The fraction of sp³-hybridized carbons (Fsp3) is 0.842. The van der Waals surface area contributed by atoms with Crippen molar-refractivity contribution < 1.29 is 9.53 Å². The molecule has 0 amide bonds. The fourth-order valence-corrected chi connectivity index (χ4v) is 4.44. The number of carbonyl (C=O) groups excluding carboxylic acids is 1. The number of hydrogen-bond donors (Lipinski definition) is 0. The lowest BCUT2D eigenvalue weighted by atomic mass is 9.70. The second kappa shape index (κ2) is 6.98. The van der Waals surface area contributed by atoms with Crippen LogP contribution >= 0.6 is 0 Å². The summed E-state index contributed by atoms with van der Waals surface area (Å²) in [7, 11) is 0. The SMILES string of the molecule is C=C(C)C(=O)OC1(C2CCCCC2)CC(C)CCC(C)C1. The van der Waals surface area contributed by atoms with Crippen LogP contribution in [-0.4, -0.2) is 11.6 Å².